The zero-order chi connectivity index (χ0) is 19.8. The number of nitrogens with zero attached hydrogens (tertiary/aromatic N) is 1. The van der Waals surface area contributed by atoms with Crippen LogP contribution in [0.15, 0.2) is 44.9 Å². The van der Waals surface area contributed by atoms with Gasteiger partial charge in [-0.3, -0.25) is 18.5 Å². The van der Waals surface area contributed by atoms with Gasteiger partial charge in [0.2, 0.25) is 0 Å². The third-order valence-electron chi connectivity index (χ3n) is 4.36. The number of hydrogen-bond donors (Lipinski definition) is 2. The maximum absolute atomic E-state index is 12.2. The molecule has 3 atom stereocenters. The molecule has 1 aliphatic heterocycles. The maximum Gasteiger partial charge on any atom is 0.330 e. The number of aliphatic hydroxyl groups excluding tert-OH is 1. The highest BCUT2D eigenvalue weighted by atomic mass is 32.2. The van der Waals surface area contributed by atoms with Gasteiger partial charge in [-0.1, -0.05) is 17.7 Å². The summed E-state index contributed by atoms with van der Waals surface area (Å²) in [6.07, 6.45) is -1.40. The standard InChI is InChI=1S/C17H20N2O7S/c1-10-3-5-12(6-4-10)27(23,24)25-9-14-13(20)7-15(26-14)19-8-11(2)16(21)18-17(19)22/h3-6,8,13-15,20H,7,9H2,1-2H3,(H,18,21,22)/t13-,14+,15?/m0/s1. The average Bonchev–Trinajstić information content (AvgIpc) is 2.97. The number of aromatic nitrogens is 2. The second-order valence-corrected chi connectivity index (χ2v) is 8.08. The summed E-state index contributed by atoms with van der Waals surface area (Å²) in [6.45, 7) is 2.97. The molecule has 0 radical (unpaired) electrons. The third kappa shape index (κ3) is 4.19. The van der Waals surface area contributed by atoms with Crippen molar-refractivity contribution in [2.24, 2.45) is 0 Å². The zero-order valence-corrected chi connectivity index (χ0v) is 15.6. The summed E-state index contributed by atoms with van der Waals surface area (Å²) in [5.74, 6) is 0. The number of H-pyrrole nitrogens is 1. The van der Waals surface area contributed by atoms with Gasteiger partial charge in [-0.05, 0) is 26.0 Å². The Morgan fingerprint density at radius 2 is 1.93 bits per heavy atom. The van der Waals surface area contributed by atoms with Crippen molar-refractivity contribution in [3.63, 3.8) is 0 Å². The SMILES string of the molecule is Cc1ccc(S(=O)(=O)OC[C@H]2OC(n3cc(C)c(=O)[nH]c3=O)C[C@@H]2O)cc1. The molecule has 1 unspecified atom stereocenters. The van der Waals surface area contributed by atoms with Gasteiger partial charge in [-0.25, -0.2) is 4.79 Å². The lowest BCUT2D eigenvalue weighted by Gasteiger charge is -2.16. The van der Waals surface area contributed by atoms with Gasteiger partial charge in [0.1, 0.15) is 12.3 Å². The van der Waals surface area contributed by atoms with E-state index in [1.54, 1.807) is 12.1 Å². The lowest BCUT2D eigenvalue weighted by atomic mass is 10.2. The van der Waals surface area contributed by atoms with E-state index in [0.29, 0.717) is 5.56 Å². The minimum Gasteiger partial charge on any atom is -0.390 e. The van der Waals surface area contributed by atoms with Gasteiger partial charge < -0.3 is 9.84 Å². The van der Waals surface area contributed by atoms with E-state index in [4.69, 9.17) is 8.92 Å². The Hall–Kier alpha value is -2.27. The molecule has 0 saturated carbocycles. The largest absolute Gasteiger partial charge is 0.390 e. The Bertz CT molecular complexity index is 1040. The predicted molar refractivity (Wildman–Crippen MR) is 94.9 cm³/mol. The third-order valence-corrected chi connectivity index (χ3v) is 5.65. The summed E-state index contributed by atoms with van der Waals surface area (Å²) < 4.78 is 36.2. The van der Waals surface area contributed by atoms with Crippen LogP contribution in [0.1, 0.15) is 23.8 Å². The van der Waals surface area contributed by atoms with Crippen LogP contribution in [0.5, 0.6) is 0 Å². The minimum atomic E-state index is -4.00. The molecular weight excluding hydrogens is 376 g/mol. The van der Waals surface area contributed by atoms with Crippen molar-refractivity contribution < 1.29 is 22.4 Å². The molecule has 1 aliphatic rings. The van der Waals surface area contributed by atoms with E-state index in [0.717, 1.165) is 10.1 Å². The fourth-order valence-corrected chi connectivity index (χ4v) is 3.68. The van der Waals surface area contributed by atoms with Gasteiger partial charge in [0.05, 0.1) is 17.6 Å². The summed E-state index contributed by atoms with van der Waals surface area (Å²) in [4.78, 5) is 25.6. The predicted octanol–water partition coefficient (Wildman–Crippen LogP) is 0.207. The second-order valence-electron chi connectivity index (χ2n) is 6.46. The molecular formula is C17H20N2O7S. The number of rotatable bonds is 5. The summed E-state index contributed by atoms with van der Waals surface area (Å²) in [7, 11) is -4.00. The van der Waals surface area contributed by atoms with Crippen LogP contribution in [0.3, 0.4) is 0 Å². The Kier molecular flexibility index (Phi) is 5.33. The smallest absolute Gasteiger partial charge is 0.330 e. The fourth-order valence-electron chi connectivity index (χ4n) is 2.77. The first-order chi connectivity index (χ1) is 12.7. The van der Waals surface area contributed by atoms with E-state index in [2.05, 4.69) is 4.98 Å². The quantitative estimate of drug-likeness (QED) is 0.691. The highest BCUT2D eigenvalue weighted by Gasteiger charge is 2.37. The van der Waals surface area contributed by atoms with Gasteiger partial charge in [0.25, 0.3) is 15.7 Å². The lowest BCUT2D eigenvalue weighted by molar-refractivity contribution is -0.0400. The van der Waals surface area contributed by atoms with Gasteiger partial charge in [0, 0.05) is 18.2 Å². The van der Waals surface area contributed by atoms with Crippen LogP contribution in [0, 0.1) is 13.8 Å². The van der Waals surface area contributed by atoms with E-state index < -0.39 is 46.4 Å². The number of aliphatic hydroxyl groups is 1. The van der Waals surface area contributed by atoms with Crippen molar-refractivity contribution in [3.8, 4) is 0 Å². The average molecular weight is 396 g/mol. The Labute approximate surface area is 155 Å². The molecule has 1 fully saturated rings. The molecule has 0 spiro atoms. The van der Waals surface area contributed by atoms with Crippen molar-refractivity contribution in [2.45, 2.75) is 43.6 Å². The molecule has 1 saturated heterocycles. The van der Waals surface area contributed by atoms with Crippen LogP contribution >= 0.6 is 0 Å². The summed E-state index contributed by atoms with van der Waals surface area (Å²) >= 11 is 0. The van der Waals surface area contributed by atoms with E-state index in [1.807, 2.05) is 6.92 Å². The van der Waals surface area contributed by atoms with E-state index >= 15 is 0 Å². The molecule has 1 aromatic carbocycles. The summed E-state index contributed by atoms with van der Waals surface area (Å²) in [5.41, 5.74) is 0.0535. The van der Waals surface area contributed by atoms with Crippen molar-refractivity contribution in [3.05, 3.63) is 62.4 Å². The molecule has 0 aliphatic carbocycles. The van der Waals surface area contributed by atoms with Crippen LogP contribution in [0.25, 0.3) is 0 Å². The number of ether oxygens (including phenoxy) is 1. The highest BCUT2D eigenvalue weighted by molar-refractivity contribution is 7.86. The molecule has 0 amide bonds. The lowest BCUT2D eigenvalue weighted by Crippen LogP contribution is -2.33. The first kappa shape index (κ1) is 19.5. The van der Waals surface area contributed by atoms with Crippen LogP contribution in [-0.4, -0.2) is 41.9 Å². The number of aryl methyl sites for hydroxylation is 2. The summed E-state index contributed by atoms with van der Waals surface area (Å²) in [5, 5.41) is 10.2. The first-order valence-electron chi connectivity index (χ1n) is 8.29. The molecule has 1 aromatic heterocycles. The number of nitrogens with one attached hydrogen (secondary N) is 1. The number of benzene rings is 1. The Morgan fingerprint density at radius 1 is 1.26 bits per heavy atom. The van der Waals surface area contributed by atoms with Crippen molar-refractivity contribution >= 4 is 10.1 Å². The molecule has 0 bridgehead atoms. The van der Waals surface area contributed by atoms with E-state index in [-0.39, 0.29) is 11.3 Å². The fraction of sp³-hybridized carbons (Fsp3) is 0.412. The van der Waals surface area contributed by atoms with Crippen LogP contribution in [0.4, 0.5) is 0 Å². The van der Waals surface area contributed by atoms with Crippen LogP contribution < -0.4 is 11.2 Å². The van der Waals surface area contributed by atoms with E-state index in [1.165, 1.54) is 25.3 Å². The Morgan fingerprint density at radius 3 is 2.59 bits per heavy atom. The molecule has 9 nitrogen and oxygen atoms in total. The highest BCUT2D eigenvalue weighted by Crippen LogP contribution is 2.28. The van der Waals surface area contributed by atoms with Crippen LogP contribution in [0.2, 0.25) is 0 Å². The van der Waals surface area contributed by atoms with Crippen LogP contribution in [-0.2, 0) is 19.0 Å². The number of aromatic amines is 1. The molecule has 2 aromatic rings. The Balaban J connectivity index is 1.70. The molecule has 146 valence electrons. The van der Waals surface area contributed by atoms with Gasteiger partial charge in [0.15, 0.2) is 0 Å². The zero-order valence-electron chi connectivity index (χ0n) is 14.8. The second kappa shape index (κ2) is 7.39. The molecule has 2 heterocycles. The molecule has 10 heteroatoms. The number of hydrogen-bond acceptors (Lipinski definition) is 7. The first-order valence-corrected chi connectivity index (χ1v) is 9.70. The molecule has 3 rings (SSSR count). The minimum absolute atomic E-state index is 0.00427. The van der Waals surface area contributed by atoms with Gasteiger partial charge in [-0.15, -0.1) is 0 Å². The van der Waals surface area contributed by atoms with Crippen molar-refractivity contribution in [1.82, 2.24) is 9.55 Å². The van der Waals surface area contributed by atoms with E-state index in [9.17, 15) is 23.1 Å². The normalized spacial score (nSPS) is 22.9. The van der Waals surface area contributed by atoms with Crippen molar-refractivity contribution in [2.75, 3.05) is 6.61 Å². The van der Waals surface area contributed by atoms with Crippen molar-refractivity contribution in [1.29, 1.82) is 0 Å². The molecule has 27 heavy (non-hydrogen) atoms. The molecule has 2 N–H and O–H groups in total. The monoisotopic (exact) mass is 396 g/mol. The topological polar surface area (TPSA) is 128 Å². The van der Waals surface area contributed by atoms with Gasteiger partial charge >= 0.3 is 5.69 Å². The maximum atomic E-state index is 12.2. The van der Waals surface area contributed by atoms with Gasteiger partial charge in [-0.2, -0.15) is 8.42 Å². The summed E-state index contributed by atoms with van der Waals surface area (Å²) in [6, 6.07) is 6.17.